The summed E-state index contributed by atoms with van der Waals surface area (Å²) in [6, 6.07) is 0. The lowest BCUT2D eigenvalue weighted by Crippen LogP contribution is -2.39. The number of hydrogen-bond acceptors (Lipinski definition) is 1. The molecular weight excluding hydrogens is 146 g/mol. The maximum atomic E-state index is 5.88. The van der Waals surface area contributed by atoms with Crippen LogP contribution in [0.15, 0.2) is 0 Å². The van der Waals surface area contributed by atoms with Gasteiger partial charge in [0.15, 0.2) is 0 Å². The van der Waals surface area contributed by atoms with E-state index < -0.39 is 0 Å². The zero-order valence-electron chi connectivity index (χ0n) is 8.56. The van der Waals surface area contributed by atoms with Crippen LogP contribution >= 0.6 is 0 Å². The molecule has 2 rings (SSSR count). The van der Waals surface area contributed by atoms with Crippen LogP contribution in [0.1, 0.15) is 40.0 Å². The highest BCUT2D eigenvalue weighted by molar-refractivity contribution is 5.08. The first-order valence-electron chi connectivity index (χ1n) is 5.21. The van der Waals surface area contributed by atoms with Crippen molar-refractivity contribution in [1.82, 2.24) is 0 Å². The van der Waals surface area contributed by atoms with Gasteiger partial charge in [-0.15, -0.1) is 0 Å². The molecule has 1 nitrogen and oxygen atoms in total. The Balaban J connectivity index is 2.31. The zero-order valence-corrected chi connectivity index (χ0v) is 8.56. The Kier molecular flexibility index (Phi) is 1.61. The molecule has 0 unspecified atom stereocenters. The zero-order chi connectivity index (χ0) is 8.98. The van der Waals surface area contributed by atoms with Gasteiger partial charge in [-0.2, -0.15) is 0 Å². The topological polar surface area (TPSA) is 26.0 Å². The smallest absolute Gasteiger partial charge is 0.00384 e. The molecule has 2 saturated carbocycles. The Morgan fingerprint density at radius 2 is 2.00 bits per heavy atom. The Bertz CT molecular complexity index is 192. The second-order valence-electron chi connectivity index (χ2n) is 5.70. The fourth-order valence-electron chi connectivity index (χ4n) is 3.99. The van der Waals surface area contributed by atoms with Crippen LogP contribution in [0.4, 0.5) is 0 Å². The summed E-state index contributed by atoms with van der Waals surface area (Å²) in [7, 11) is 0. The highest BCUT2D eigenvalue weighted by atomic mass is 14.7. The minimum Gasteiger partial charge on any atom is -0.330 e. The molecule has 1 heteroatoms. The third kappa shape index (κ3) is 0.834. The monoisotopic (exact) mass is 167 g/mol. The van der Waals surface area contributed by atoms with Crippen molar-refractivity contribution in [3.8, 4) is 0 Å². The summed E-state index contributed by atoms with van der Waals surface area (Å²) in [5.41, 5.74) is 6.98. The second kappa shape index (κ2) is 2.25. The lowest BCUT2D eigenvalue weighted by molar-refractivity contribution is 0.0817. The number of rotatable bonds is 1. The van der Waals surface area contributed by atoms with Gasteiger partial charge in [-0.3, -0.25) is 0 Å². The van der Waals surface area contributed by atoms with E-state index in [9.17, 15) is 0 Å². The highest BCUT2D eigenvalue weighted by Gasteiger charge is 2.58. The summed E-state index contributed by atoms with van der Waals surface area (Å²) < 4.78 is 0. The predicted octanol–water partition coefficient (Wildman–Crippen LogP) is 2.41. The van der Waals surface area contributed by atoms with Crippen LogP contribution in [0.25, 0.3) is 0 Å². The Morgan fingerprint density at radius 3 is 2.33 bits per heavy atom. The van der Waals surface area contributed by atoms with Gasteiger partial charge >= 0.3 is 0 Å². The van der Waals surface area contributed by atoms with Crippen LogP contribution in [0.2, 0.25) is 0 Å². The highest BCUT2D eigenvalue weighted by Crippen LogP contribution is 2.65. The standard InChI is InChI=1S/C11H21N/c1-10(2)8-4-5-11(3,6-8)9(10)7-12/h8-9H,4-7,12H2,1-3H3/t8-,9+,11-/m0/s1. The number of nitrogens with two attached hydrogens (primary N) is 1. The first-order valence-corrected chi connectivity index (χ1v) is 5.21. The van der Waals surface area contributed by atoms with Gasteiger partial charge in [-0.1, -0.05) is 20.8 Å². The molecule has 0 heterocycles. The van der Waals surface area contributed by atoms with E-state index in [1.54, 1.807) is 0 Å². The summed E-state index contributed by atoms with van der Waals surface area (Å²) in [5, 5.41) is 0. The first kappa shape index (κ1) is 8.55. The van der Waals surface area contributed by atoms with Crippen molar-refractivity contribution in [1.29, 1.82) is 0 Å². The summed E-state index contributed by atoms with van der Waals surface area (Å²) in [4.78, 5) is 0. The lowest BCUT2D eigenvalue weighted by atomic mass is 9.64. The van der Waals surface area contributed by atoms with Crippen molar-refractivity contribution in [2.45, 2.75) is 40.0 Å². The van der Waals surface area contributed by atoms with Crippen LogP contribution in [-0.4, -0.2) is 6.54 Å². The van der Waals surface area contributed by atoms with E-state index in [0.717, 1.165) is 18.4 Å². The SMILES string of the molecule is CC1(C)[C@H]2CC[C@@](C)(C2)[C@@H]1CN. The van der Waals surface area contributed by atoms with E-state index in [4.69, 9.17) is 5.73 Å². The molecule has 70 valence electrons. The molecule has 0 aromatic carbocycles. The van der Waals surface area contributed by atoms with Gasteiger partial charge in [0.25, 0.3) is 0 Å². The predicted molar refractivity (Wildman–Crippen MR) is 51.8 cm³/mol. The molecule has 0 aromatic rings. The van der Waals surface area contributed by atoms with E-state index in [1.165, 1.54) is 19.3 Å². The Morgan fingerprint density at radius 1 is 1.33 bits per heavy atom. The molecule has 2 N–H and O–H groups in total. The maximum Gasteiger partial charge on any atom is -0.00384 e. The molecule has 0 spiro atoms. The van der Waals surface area contributed by atoms with Crippen LogP contribution in [0, 0.1) is 22.7 Å². The lowest BCUT2D eigenvalue weighted by Gasteiger charge is -2.42. The molecule has 2 aliphatic carbocycles. The van der Waals surface area contributed by atoms with Gasteiger partial charge in [0.05, 0.1) is 0 Å². The van der Waals surface area contributed by atoms with E-state index in [0.29, 0.717) is 10.8 Å². The van der Waals surface area contributed by atoms with E-state index in [-0.39, 0.29) is 0 Å². The van der Waals surface area contributed by atoms with Crippen LogP contribution in [-0.2, 0) is 0 Å². The molecule has 2 fully saturated rings. The molecule has 3 atom stereocenters. The molecule has 12 heavy (non-hydrogen) atoms. The van der Waals surface area contributed by atoms with E-state index >= 15 is 0 Å². The summed E-state index contributed by atoms with van der Waals surface area (Å²) in [6.07, 6.45) is 4.30. The maximum absolute atomic E-state index is 5.88. The van der Waals surface area contributed by atoms with E-state index in [2.05, 4.69) is 20.8 Å². The molecule has 0 aliphatic heterocycles. The average molecular weight is 167 g/mol. The first-order chi connectivity index (χ1) is 5.50. The fraction of sp³-hybridized carbons (Fsp3) is 1.00. The number of fused-ring (bicyclic) bond motifs is 2. The van der Waals surface area contributed by atoms with Crippen molar-refractivity contribution < 1.29 is 0 Å². The molecule has 2 aliphatic rings. The molecule has 2 bridgehead atoms. The average Bonchev–Trinajstić information content (AvgIpc) is 2.39. The normalized spacial score (nSPS) is 50.0. The third-order valence-corrected chi connectivity index (χ3v) is 4.80. The van der Waals surface area contributed by atoms with Gasteiger partial charge in [0.2, 0.25) is 0 Å². The van der Waals surface area contributed by atoms with Crippen molar-refractivity contribution in [3.05, 3.63) is 0 Å². The van der Waals surface area contributed by atoms with Crippen LogP contribution in [0.3, 0.4) is 0 Å². The van der Waals surface area contributed by atoms with Crippen molar-refractivity contribution in [2.24, 2.45) is 28.4 Å². The van der Waals surface area contributed by atoms with Crippen LogP contribution in [0.5, 0.6) is 0 Å². The molecule has 0 saturated heterocycles. The fourth-order valence-corrected chi connectivity index (χ4v) is 3.99. The molecule has 0 amide bonds. The van der Waals surface area contributed by atoms with E-state index in [1.807, 2.05) is 0 Å². The van der Waals surface area contributed by atoms with Gasteiger partial charge in [0, 0.05) is 0 Å². The van der Waals surface area contributed by atoms with Gasteiger partial charge in [-0.05, 0) is 48.5 Å². The van der Waals surface area contributed by atoms with Gasteiger partial charge < -0.3 is 5.73 Å². The summed E-state index contributed by atoms with van der Waals surface area (Å²) in [5.74, 6) is 1.72. The van der Waals surface area contributed by atoms with Gasteiger partial charge in [0.1, 0.15) is 0 Å². The minimum absolute atomic E-state index is 0.516. The molecule has 0 radical (unpaired) electrons. The summed E-state index contributed by atoms with van der Waals surface area (Å²) >= 11 is 0. The third-order valence-electron chi connectivity index (χ3n) is 4.80. The Labute approximate surface area is 75.7 Å². The van der Waals surface area contributed by atoms with Crippen molar-refractivity contribution >= 4 is 0 Å². The van der Waals surface area contributed by atoms with Gasteiger partial charge in [-0.25, -0.2) is 0 Å². The summed E-state index contributed by atoms with van der Waals surface area (Å²) in [6.45, 7) is 8.17. The number of hydrogen-bond donors (Lipinski definition) is 1. The molecular formula is C11H21N. The second-order valence-corrected chi connectivity index (χ2v) is 5.70. The minimum atomic E-state index is 0.516. The Hall–Kier alpha value is -0.0400. The molecule has 0 aromatic heterocycles. The van der Waals surface area contributed by atoms with Crippen molar-refractivity contribution in [3.63, 3.8) is 0 Å². The quantitative estimate of drug-likeness (QED) is 0.637. The largest absolute Gasteiger partial charge is 0.330 e. The van der Waals surface area contributed by atoms with Crippen molar-refractivity contribution in [2.75, 3.05) is 6.54 Å². The van der Waals surface area contributed by atoms with Crippen LogP contribution < -0.4 is 5.73 Å².